The van der Waals surface area contributed by atoms with E-state index < -0.39 is 5.97 Å². The van der Waals surface area contributed by atoms with Gasteiger partial charge in [-0.1, -0.05) is 6.07 Å². The molecule has 2 aromatic rings. The Labute approximate surface area is 152 Å². The average molecular weight is 361 g/mol. The highest BCUT2D eigenvalue weighted by molar-refractivity contribution is 7.98. The van der Waals surface area contributed by atoms with Gasteiger partial charge in [-0.2, -0.15) is 0 Å². The molecule has 2 rings (SSSR count). The largest absolute Gasteiger partial charge is 0.463 e. The molecule has 0 aromatic carbocycles. The van der Waals surface area contributed by atoms with E-state index in [-0.39, 0.29) is 5.97 Å². The summed E-state index contributed by atoms with van der Waals surface area (Å²) in [5.41, 5.74) is 4.15. The van der Waals surface area contributed by atoms with Crippen LogP contribution in [0.4, 0.5) is 0 Å². The standard InChI is InChI=1S/C19H23NO4S/c1-6-23-15(21)9-8-14-18(25-5)16(19(22)24-7-2)17-13(4)10-12(3)11-20(14)17/h8-11H,6-7H2,1-5H3/b9-8+. The van der Waals surface area contributed by atoms with Crippen LogP contribution in [0.15, 0.2) is 23.2 Å². The summed E-state index contributed by atoms with van der Waals surface area (Å²) >= 11 is 1.46. The lowest BCUT2D eigenvalue weighted by molar-refractivity contribution is -0.137. The lowest BCUT2D eigenvalue weighted by Crippen LogP contribution is -2.06. The zero-order valence-corrected chi connectivity index (χ0v) is 16.0. The molecule has 0 amide bonds. The van der Waals surface area contributed by atoms with E-state index in [2.05, 4.69) is 0 Å². The number of carbonyl (C=O) groups is 2. The van der Waals surface area contributed by atoms with Crippen LogP contribution >= 0.6 is 11.8 Å². The quantitative estimate of drug-likeness (QED) is 0.442. The molecule has 25 heavy (non-hydrogen) atoms. The fourth-order valence-corrected chi connectivity index (χ4v) is 3.61. The lowest BCUT2D eigenvalue weighted by atomic mass is 10.1. The van der Waals surface area contributed by atoms with Crippen molar-refractivity contribution in [1.82, 2.24) is 4.40 Å². The molecule has 2 aromatic heterocycles. The molecule has 0 unspecified atom stereocenters. The van der Waals surface area contributed by atoms with Gasteiger partial charge in [-0.3, -0.25) is 0 Å². The Morgan fingerprint density at radius 3 is 2.48 bits per heavy atom. The fourth-order valence-electron chi connectivity index (χ4n) is 2.85. The fraction of sp³-hybridized carbons (Fsp3) is 0.368. The van der Waals surface area contributed by atoms with Crippen molar-refractivity contribution in [2.24, 2.45) is 0 Å². The Morgan fingerprint density at radius 1 is 1.20 bits per heavy atom. The number of hydrogen-bond acceptors (Lipinski definition) is 5. The number of carbonyl (C=O) groups excluding carboxylic acids is 2. The maximum absolute atomic E-state index is 12.6. The summed E-state index contributed by atoms with van der Waals surface area (Å²) in [5.74, 6) is -0.765. The molecule has 0 bridgehead atoms. The molecule has 6 heteroatoms. The van der Waals surface area contributed by atoms with Crippen LogP contribution in [-0.2, 0) is 14.3 Å². The Kier molecular flexibility index (Phi) is 6.31. The maximum Gasteiger partial charge on any atom is 0.341 e. The Bertz CT molecular complexity index is 836. The predicted molar refractivity (Wildman–Crippen MR) is 100 cm³/mol. The Balaban J connectivity index is 2.75. The molecule has 0 spiro atoms. The summed E-state index contributed by atoms with van der Waals surface area (Å²) in [6.45, 7) is 8.13. The van der Waals surface area contributed by atoms with Gasteiger partial charge in [0.1, 0.15) is 0 Å². The van der Waals surface area contributed by atoms with Crippen LogP contribution in [0.3, 0.4) is 0 Å². The second-order valence-corrected chi connectivity index (χ2v) is 6.33. The molecule has 2 heterocycles. The monoisotopic (exact) mass is 361 g/mol. The van der Waals surface area contributed by atoms with Gasteiger partial charge in [0.05, 0.1) is 30.0 Å². The molecule has 0 aliphatic rings. The van der Waals surface area contributed by atoms with E-state index in [9.17, 15) is 9.59 Å². The van der Waals surface area contributed by atoms with Gasteiger partial charge in [0.15, 0.2) is 0 Å². The first kappa shape index (κ1) is 19.1. The normalized spacial score (nSPS) is 11.2. The molecule has 0 saturated heterocycles. The van der Waals surface area contributed by atoms with Crippen LogP contribution in [0.5, 0.6) is 0 Å². The molecule has 0 atom stereocenters. The number of thioether (sulfide) groups is 1. The number of fused-ring (bicyclic) bond motifs is 1. The van der Waals surface area contributed by atoms with Gasteiger partial charge in [-0.05, 0) is 51.2 Å². The second kappa shape index (κ2) is 8.25. The van der Waals surface area contributed by atoms with Gasteiger partial charge >= 0.3 is 11.9 Å². The number of ether oxygens (including phenoxy) is 2. The summed E-state index contributed by atoms with van der Waals surface area (Å²) in [6, 6.07) is 2.03. The lowest BCUT2D eigenvalue weighted by Gasteiger charge is -2.06. The number of hydrogen-bond donors (Lipinski definition) is 0. The summed E-state index contributed by atoms with van der Waals surface area (Å²) < 4.78 is 12.2. The molecule has 0 radical (unpaired) electrons. The van der Waals surface area contributed by atoms with Crippen LogP contribution in [-0.4, -0.2) is 35.8 Å². The maximum atomic E-state index is 12.6. The third kappa shape index (κ3) is 3.90. The molecule has 0 aliphatic carbocycles. The van der Waals surface area contributed by atoms with Crippen molar-refractivity contribution in [3.63, 3.8) is 0 Å². The smallest absolute Gasteiger partial charge is 0.341 e. The van der Waals surface area contributed by atoms with Gasteiger partial charge in [0.25, 0.3) is 0 Å². The van der Waals surface area contributed by atoms with Gasteiger partial charge < -0.3 is 13.9 Å². The van der Waals surface area contributed by atoms with Crippen molar-refractivity contribution in [2.75, 3.05) is 19.5 Å². The van der Waals surface area contributed by atoms with Crippen LogP contribution in [0.25, 0.3) is 11.6 Å². The van der Waals surface area contributed by atoms with Crippen molar-refractivity contribution < 1.29 is 19.1 Å². The molecule has 0 aliphatic heterocycles. The van der Waals surface area contributed by atoms with Crippen LogP contribution < -0.4 is 0 Å². The topological polar surface area (TPSA) is 57.0 Å². The van der Waals surface area contributed by atoms with E-state index in [1.807, 2.05) is 36.8 Å². The molecule has 0 N–H and O–H groups in total. The first-order valence-corrected chi connectivity index (χ1v) is 9.38. The minimum atomic E-state index is -0.411. The number of nitrogens with zero attached hydrogens (tertiary/aromatic N) is 1. The van der Waals surface area contributed by atoms with E-state index in [1.54, 1.807) is 19.9 Å². The van der Waals surface area contributed by atoms with Crippen LogP contribution in [0, 0.1) is 13.8 Å². The third-order valence-electron chi connectivity index (χ3n) is 3.69. The Hall–Kier alpha value is -2.21. The second-order valence-electron chi connectivity index (χ2n) is 5.52. The summed E-state index contributed by atoms with van der Waals surface area (Å²) in [6.07, 6.45) is 6.94. The highest BCUT2D eigenvalue weighted by Gasteiger charge is 2.24. The number of pyridine rings is 1. The minimum absolute atomic E-state index is 0.308. The van der Waals surface area contributed by atoms with E-state index in [0.29, 0.717) is 18.8 Å². The third-order valence-corrected chi connectivity index (χ3v) is 4.52. The first-order chi connectivity index (χ1) is 11.9. The van der Waals surface area contributed by atoms with E-state index in [1.165, 1.54) is 17.8 Å². The van der Waals surface area contributed by atoms with Crippen LogP contribution in [0.1, 0.15) is 41.0 Å². The summed E-state index contributed by atoms with van der Waals surface area (Å²) in [4.78, 5) is 25.1. The summed E-state index contributed by atoms with van der Waals surface area (Å²) in [7, 11) is 0. The first-order valence-electron chi connectivity index (χ1n) is 8.15. The molecular formula is C19H23NO4S. The minimum Gasteiger partial charge on any atom is -0.463 e. The zero-order chi connectivity index (χ0) is 18.6. The summed E-state index contributed by atoms with van der Waals surface area (Å²) in [5, 5.41) is 0. The zero-order valence-electron chi connectivity index (χ0n) is 15.2. The molecule has 0 saturated carbocycles. The highest BCUT2D eigenvalue weighted by Crippen LogP contribution is 2.35. The number of rotatable bonds is 6. The van der Waals surface area contributed by atoms with E-state index in [0.717, 1.165) is 27.2 Å². The van der Waals surface area contributed by atoms with Crippen molar-refractivity contribution in [3.05, 3.63) is 40.7 Å². The highest BCUT2D eigenvalue weighted by atomic mass is 32.2. The van der Waals surface area contributed by atoms with Crippen molar-refractivity contribution in [2.45, 2.75) is 32.6 Å². The molecular weight excluding hydrogens is 338 g/mol. The van der Waals surface area contributed by atoms with Crippen molar-refractivity contribution in [3.8, 4) is 0 Å². The number of aryl methyl sites for hydroxylation is 2. The average Bonchev–Trinajstić information content (AvgIpc) is 2.87. The molecule has 0 fully saturated rings. The van der Waals surface area contributed by atoms with Gasteiger partial charge in [0.2, 0.25) is 0 Å². The molecule has 5 nitrogen and oxygen atoms in total. The number of aromatic nitrogens is 1. The van der Waals surface area contributed by atoms with Gasteiger partial charge in [-0.25, -0.2) is 9.59 Å². The molecule has 134 valence electrons. The SMILES string of the molecule is CCOC(=O)/C=C/c1c(SC)c(C(=O)OCC)c2c(C)cc(C)cn12. The van der Waals surface area contributed by atoms with Gasteiger partial charge in [-0.15, -0.1) is 11.8 Å². The van der Waals surface area contributed by atoms with Gasteiger partial charge in [0, 0.05) is 17.2 Å². The van der Waals surface area contributed by atoms with E-state index in [4.69, 9.17) is 9.47 Å². The van der Waals surface area contributed by atoms with Crippen LogP contribution in [0.2, 0.25) is 0 Å². The predicted octanol–water partition coefficient (Wildman–Crippen LogP) is 4.03. The van der Waals surface area contributed by atoms with Crippen molar-refractivity contribution in [1.29, 1.82) is 0 Å². The Morgan fingerprint density at radius 2 is 1.88 bits per heavy atom. The number of esters is 2. The van der Waals surface area contributed by atoms with Crippen molar-refractivity contribution >= 4 is 35.3 Å². The van der Waals surface area contributed by atoms with E-state index >= 15 is 0 Å².